The molecule has 1 aromatic heterocycles. The maximum absolute atomic E-state index is 11.8. The van der Waals surface area contributed by atoms with E-state index in [2.05, 4.69) is 0 Å². The van der Waals surface area contributed by atoms with E-state index in [0.717, 1.165) is 42.0 Å². The Kier molecular flexibility index (Phi) is 5.03. The number of nitrogens with two attached hydrogens (primary N) is 1. The van der Waals surface area contributed by atoms with Gasteiger partial charge in [0.15, 0.2) is 11.5 Å². The van der Waals surface area contributed by atoms with E-state index in [1.165, 1.54) is 11.3 Å². The normalized spacial score (nSPS) is 17.6. The highest BCUT2D eigenvalue weighted by atomic mass is 16.7. The smallest absolute Gasteiger partial charge is 0.307 e. The molecule has 2 aromatic rings. The van der Waals surface area contributed by atoms with E-state index in [1.54, 1.807) is 0 Å². The predicted molar refractivity (Wildman–Crippen MR) is 99.8 cm³/mol. The fourth-order valence-corrected chi connectivity index (χ4v) is 3.97. The molecule has 7 nitrogen and oxygen atoms in total. The van der Waals surface area contributed by atoms with Crippen LogP contribution in [0.3, 0.4) is 0 Å². The molecule has 0 radical (unpaired) electrons. The molecule has 1 aliphatic heterocycles. The Hall–Kier alpha value is -2.54. The van der Waals surface area contributed by atoms with Crippen molar-refractivity contribution in [1.29, 1.82) is 0 Å². The summed E-state index contributed by atoms with van der Waals surface area (Å²) in [4.78, 5) is 11.8. The molecule has 0 saturated carbocycles. The van der Waals surface area contributed by atoms with Gasteiger partial charge in [0.1, 0.15) is 0 Å². The van der Waals surface area contributed by atoms with E-state index in [4.69, 9.17) is 25.0 Å². The van der Waals surface area contributed by atoms with Crippen LogP contribution >= 0.6 is 0 Å². The van der Waals surface area contributed by atoms with Crippen LogP contribution in [0.25, 0.3) is 11.3 Å². The topological polar surface area (TPSA) is 88.6 Å². The van der Waals surface area contributed by atoms with Crippen LogP contribution in [0.15, 0.2) is 18.2 Å². The summed E-state index contributed by atoms with van der Waals surface area (Å²) < 4.78 is 18.0. The van der Waals surface area contributed by atoms with Crippen molar-refractivity contribution >= 4 is 5.97 Å². The van der Waals surface area contributed by atoms with Crippen LogP contribution in [0.5, 0.6) is 11.5 Å². The van der Waals surface area contributed by atoms with Gasteiger partial charge in [-0.05, 0) is 50.9 Å². The van der Waals surface area contributed by atoms with Crippen molar-refractivity contribution < 1.29 is 19.0 Å². The Labute approximate surface area is 158 Å². The molecule has 7 heteroatoms. The number of benzene rings is 1. The Morgan fingerprint density at radius 3 is 3.04 bits per heavy atom. The van der Waals surface area contributed by atoms with Gasteiger partial charge in [-0.1, -0.05) is 0 Å². The van der Waals surface area contributed by atoms with Crippen molar-refractivity contribution in [3.8, 4) is 22.8 Å². The molecule has 144 valence electrons. The van der Waals surface area contributed by atoms with Crippen LogP contribution in [0.2, 0.25) is 0 Å². The average Bonchev–Trinajstić information content (AvgIpc) is 3.30. The van der Waals surface area contributed by atoms with Crippen molar-refractivity contribution in [2.75, 3.05) is 19.9 Å². The first-order valence-corrected chi connectivity index (χ1v) is 9.56. The number of hydrogen-bond donors (Lipinski definition) is 1. The van der Waals surface area contributed by atoms with E-state index < -0.39 is 0 Å². The first-order chi connectivity index (χ1) is 13.2. The number of nitrogens with zero attached hydrogens (tertiary/aromatic N) is 2. The van der Waals surface area contributed by atoms with Gasteiger partial charge in [0, 0.05) is 22.7 Å². The van der Waals surface area contributed by atoms with E-state index in [-0.39, 0.29) is 18.7 Å². The number of esters is 1. The largest absolute Gasteiger partial charge is 0.466 e. The van der Waals surface area contributed by atoms with Crippen molar-refractivity contribution in [2.24, 2.45) is 5.73 Å². The third kappa shape index (κ3) is 3.39. The van der Waals surface area contributed by atoms with Gasteiger partial charge in [0.2, 0.25) is 6.79 Å². The molecule has 2 aliphatic rings. The zero-order valence-corrected chi connectivity index (χ0v) is 15.6. The minimum absolute atomic E-state index is 0.197. The number of aryl methyl sites for hydroxylation is 1. The van der Waals surface area contributed by atoms with E-state index in [9.17, 15) is 4.79 Å². The lowest BCUT2D eigenvalue weighted by Gasteiger charge is -2.23. The van der Waals surface area contributed by atoms with E-state index in [0.29, 0.717) is 26.1 Å². The molecule has 2 heterocycles. The number of rotatable bonds is 6. The second kappa shape index (κ2) is 7.60. The summed E-state index contributed by atoms with van der Waals surface area (Å²) >= 11 is 0. The summed E-state index contributed by atoms with van der Waals surface area (Å²) in [5, 5.41) is 4.87. The number of aromatic nitrogens is 2. The Balaban J connectivity index is 1.71. The molecule has 1 atom stereocenters. The van der Waals surface area contributed by atoms with Gasteiger partial charge in [0.25, 0.3) is 0 Å². The van der Waals surface area contributed by atoms with Crippen molar-refractivity contribution in [1.82, 2.24) is 9.78 Å². The van der Waals surface area contributed by atoms with Gasteiger partial charge in [-0.25, -0.2) is 0 Å². The van der Waals surface area contributed by atoms with Crippen LogP contribution in [-0.4, -0.2) is 35.7 Å². The van der Waals surface area contributed by atoms with Crippen LogP contribution in [0.4, 0.5) is 0 Å². The summed E-state index contributed by atoms with van der Waals surface area (Å²) in [6.45, 7) is 3.57. The summed E-state index contributed by atoms with van der Waals surface area (Å²) in [6, 6.07) is 5.90. The molecule has 0 saturated heterocycles. The SMILES string of the molecule is CCOC(=O)CCn1nc(-c2ccc3c(c2)OCO3)c2c1CCCC2CN. The zero-order chi connectivity index (χ0) is 18.8. The van der Waals surface area contributed by atoms with Crippen molar-refractivity contribution in [2.45, 2.75) is 45.1 Å². The minimum atomic E-state index is -0.197. The third-order valence-corrected chi connectivity index (χ3v) is 5.24. The van der Waals surface area contributed by atoms with Gasteiger partial charge in [-0.15, -0.1) is 0 Å². The number of carbonyl (C=O) groups is 1. The van der Waals surface area contributed by atoms with Crippen LogP contribution in [0, 0.1) is 0 Å². The quantitative estimate of drug-likeness (QED) is 0.785. The third-order valence-electron chi connectivity index (χ3n) is 5.24. The summed E-state index contributed by atoms with van der Waals surface area (Å²) in [5.41, 5.74) is 10.4. The molecule has 27 heavy (non-hydrogen) atoms. The minimum Gasteiger partial charge on any atom is -0.466 e. The number of ether oxygens (including phenoxy) is 3. The maximum atomic E-state index is 11.8. The standard InChI is InChI=1S/C20H25N3O4/c1-2-25-18(24)8-9-23-15-5-3-4-14(11-21)19(15)20(22-23)13-6-7-16-17(10-13)27-12-26-16/h6-7,10,14H,2-5,8-9,11-12,21H2,1H3. The molecular weight excluding hydrogens is 346 g/mol. The zero-order valence-electron chi connectivity index (χ0n) is 15.6. The lowest BCUT2D eigenvalue weighted by molar-refractivity contribution is -0.143. The highest BCUT2D eigenvalue weighted by molar-refractivity contribution is 5.70. The van der Waals surface area contributed by atoms with Crippen LogP contribution in [-0.2, 0) is 22.5 Å². The molecular formula is C20H25N3O4. The maximum Gasteiger partial charge on any atom is 0.307 e. The fourth-order valence-electron chi connectivity index (χ4n) is 3.97. The first kappa shape index (κ1) is 17.9. The molecule has 0 spiro atoms. The van der Waals surface area contributed by atoms with Gasteiger partial charge >= 0.3 is 5.97 Å². The monoisotopic (exact) mass is 371 g/mol. The summed E-state index contributed by atoms with van der Waals surface area (Å²) in [7, 11) is 0. The summed E-state index contributed by atoms with van der Waals surface area (Å²) in [5.74, 6) is 1.58. The molecule has 1 aromatic carbocycles. The highest BCUT2D eigenvalue weighted by Crippen LogP contribution is 2.41. The number of carbonyl (C=O) groups excluding carboxylic acids is 1. The van der Waals surface area contributed by atoms with Crippen LogP contribution < -0.4 is 15.2 Å². The van der Waals surface area contributed by atoms with Crippen LogP contribution in [0.1, 0.15) is 43.4 Å². The summed E-state index contributed by atoms with van der Waals surface area (Å²) in [6.07, 6.45) is 3.41. The molecule has 0 fully saturated rings. The Morgan fingerprint density at radius 1 is 1.37 bits per heavy atom. The van der Waals surface area contributed by atoms with Crippen molar-refractivity contribution in [3.63, 3.8) is 0 Å². The molecule has 2 N–H and O–H groups in total. The van der Waals surface area contributed by atoms with E-state index >= 15 is 0 Å². The van der Waals surface area contributed by atoms with Gasteiger partial charge in [-0.3, -0.25) is 9.48 Å². The Bertz CT molecular complexity index is 846. The van der Waals surface area contributed by atoms with Crippen molar-refractivity contribution in [3.05, 3.63) is 29.5 Å². The Morgan fingerprint density at radius 2 is 2.22 bits per heavy atom. The van der Waals surface area contributed by atoms with Gasteiger partial charge in [-0.2, -0.15) is 5.10 Å². The highest BCUT2D eigenvalue weighted by Gasteiger charge is 2.29. The van der Waals surface area contributed by atoms with E-state index in [1.807, 2.05) is 29.8 Å². The number of fused-ring (bicyclic) bond motifs is 2. The average molecular weight is 371 g/mol. The van der Waals surface area contributed by atoms with Gasteiger partial charge in [0.05, 0.1) is 25.3 Å². The lowest BCUT2D eigenvalue weighted by Crippen LogP contribution is -2.20. The molecule has 0 bridgehead atoms. The second-order valence-electron chi connectivity index (χ2n) is 6.88. The second-order valence-corrected chi connectivity index (χ2v) is 6.88. The molecule has 0 amide bonds. The first-order valence-electron chi connectivity index (χ1n) is 9.56. The molecule has 1 aliphatic carbocycles. The fraction of sp³-hybridized carbons (Fsp3) is 0.500. The molecule has 1 unspecified atom stereocenters. The molecule has 4 rings (SSSR count). The predicted octanol–water partition coefficient (Wildman–Crippen LogP) is 2.61. The lowest BCUT2D eigenvalue weighted by atomic mass is 9.84. The number of hydrogen-bond acceptors (Lipinski definition) is 6. The van der Waals surface area contributed by atoms with Gasteiger partial charge < -0.3 is 19.9 Å².